The minimum Gasteiger partial charge on any atom is -0.460 e. The van der Waals surface area contributed by atoms with Crippen LogP contribution in [0.4, 0.5) is 4.79 Å². The van der Waals surface area contributed by atoms with Gasteiger partial charge in [-0.1, -0.05) is 17.7 Å². The predicted molar refractivity (Wildman–Crippen MR) is 124 cm³/mol. The Morgan fingerprint density at radius 1 is 1.03 bits per heavy atom. The van der Waals surface area contributed by atoms with Crippen molar-refractivity contribution < 1.29 is 14.0 Å². The molecule has 3 amide bonds. The van der Waals surface area contributed by atoms with E-state index in [1.54, 1.807) is 24.3 Å². The first-order chi connectivity index (χ1) is 16.0. The van der Waals surface area contributed by atoms with Gasteiger partial charge >= 0.3 is 6.03 Å². The van der Waals surface area contributed by atoms with E-state index >= 15 is 0 Å². The molecule has 8 heteroatoms. The number of benzene rings is 1. The van der Waals surface area contributed by atoms with Crippen LogP contribution in [0.15, 0.2) is 65.3 Å². The highest BCUT2D eigenvalue weighted by molar-refractivity contribution is 6.30. The van der Waals surface area contributed by atoms with Gasteiger partial charge in [-0.3, -0.25) is 19.6 Å². The first-order valence-corrected chi connectivity index (χ1v) is 11.4. The van der Waals surface area contributed by atoms with Crippen molar-refractivity contribution in [1.29, 1.82) is 0 Å². The third-order valence-electron chi connectivity index (χ3n) is 6.72. The lowest BCUT2D eigenvalue weighted by Gasteiger charge is -2.40. The van der Waals surface area contributed by atoms with Crippen LogP contribution in [0.1, 0.15) is 24.2 Å². The number of pyridine rings is 1. The number of likely N-dealkylation sites (N-methyl/N-ethyl adjacent to an activating group) is 1. The Morgan fingerprint density at radius 2 is 1.79 bits per heavy atom. The highest BCUT2D eigenvalue weighted by Gasteiger charge is 2.56. The Kier molecular flexibility index (Phi) is 5.68. The van der Waals surface area contributed by atoms with Crippen LogP contribution in [0.3, 0.4) is 0 Å². The van der Waals surface area contributed by atoms with Gasteiger partial charge in [-0.05, 0) is 60.9 Å². The van der Waals surface area contributed by atoms with Crippen LogP contribution in [0.2, 0.25) is 5.02 Å². The predicted octanol–water partition coefficient (Wildman–Crippen LogP) is 4.42. The monoisotopic (exact) mass is 464 g/mol. The van der Waals surface area contributed by atoms with Crippen LogP contribution >= 0.6 is 11.6 Å². The number of halogens is 1. The number of carbonyl (C=O) groups is 2. The fourth-order valence-corrected chi connectivity index (χ4v) is 4.87. The number of carbonyl (C=O) groups excluding carboxylic acids is 2. The first-order valence-electron chi connectivity index (χ1n) is 11.0. The zero-order valence-corrected chi connectivity index (χ0v) is 19.2. The maximum absolute atomic E-state index is 13.4. The Morgan fingerprint density at radius 3 is 2.48 bits per heavy atom. The van der Waals surface area contributed by atoms with Crippen LogP contribution in [0.25, 0.3) is 11.3 Å². The molecule has 1 aromatic carbocycles. The molecule has 2 aliphatic heterocycles. The lowest BCUT2D eigenvalue weighted by atomic mass is 9.86. The lowest BCUT2D eigenvalue weighted by molar-refractivity contribution is -0.135. The second-order valence-corrected chi connectivity index (χ2v) is 9.11. The summed E-state index contributed by atoms with van der Waals surface area (Å²) in [6.07, 6.45) is 4.57. The topological polar surface area (TPSA) is 69.9 Å². The van der Waals surface area contributed by atoms with Crippen LogP contribution < -0.4 is 0 Å². The average molecular weight is 465 g/mol. The van der Waals surface area contributed by atoms with Crippen molar-refractivity contribution in [1.82, 2.24) is 19.7 Å². The summed E-state index contributed by atoms with van der Waals surface area (Å²) in [6.45, 7) is 2.33. The standard InChI is InChI=1S/C25H25ClN4O3/c1-28-24(32)30(16-18-3-2-12-27-15-18)23(31)25(28)10-13-29(14-11-25)17-21-8-9-22(33-21)19-4-6-20(26)7-5-19/h2-9,12,15H,10-11,13-14,16-17H2,1H3. The maximum Gasteiger partial charge on any atom is 0.327 e. The van der Waals surface area contributed by atoms with Gasteiger partial charge < -0.3 is 9.32 Å². The first kappa shape index (κ1) is 21.7. The van der Waals surface area contributed by atoms with Crippen molar-refractivity contribution >= 4 is 23.5 Å². The number of likely N-dealkylation sites (tertiary alicyclic amines) is 1. The van der Waals surface area contributed by atoms with Gasteiger partial charge in [0.2, 0.25) is 0 Å². The van der Waals surface area contributed by atoms with Gasteiger partial charge in [-0.15, -0.1) is 0 Å². The Labute approximate surface area is 197 Å². The van der Waals surface area contributed by atoms with Gasteiger partial charge in [-0.25, -0.2) is 4.79 Å². The molecule has 7 nitrogen and oxygen atoms in total. The highest BCUT2D eigenvalue weighted by Crippen LogP contribution is 2.37. The third kappa shape index (κ3) is 4.03. The van der Waals surface area contributed by atoms with Gasteiger partial charge in [0, 0.05) is 43.1 Å². The number of rotatable bonds is 5. The van der Waals surface area contributed by atoms with E-state index in [-0.39, 0.29) is 18.5 Å². The summed E-state index contributed by atoms with van der Waals surface area (Å²) in [5, 5.41) is 0.691. The largest absolute Gasteiger partial charge is 0.460 e. The number of nitrogens with zero attached hydrogens (tertiary/aromatic N) is 4. The number of piperidine rings is 1. The summed E-state index contributed by atoms with van der Waals surface area (Å²) in [5.41, 5.74) is 1.05. The van der Waals surface area contributed by atoms with Gasteiger partial charge in [-0.2, -0.15) is 0 Å². The zero-order chi connectivity index (χ0) is 23.0. The Balaban J connectivity index is 1.23. The molecule has 4 heterocycles. The number of imide groups is 1. The Hall–Kier alpha value is -3.16. The maximum atomic E-state index is 13.4. The molecule has 0 unspecified atom stereocenters. The molecule has 0 aliphatic carbocycles. The van der Waals surface area contributed by atoms with E-state index in [1.807, 2.05) is 48.5 Å². The SMILES string of the molecule is CN1C(=O)N(Cc2cccnc2)C(=O)C12CCN(Cc1ccc(-c3ccc(Cl)cc3)o1)CC2. The highest BCUT2D eigenvalue weighted by atomic mass is 35.5. The molecule has 33 heavy (non-hydrogen) atoms. The molecule has 0 N–H and O–H groups in total. The number of urea groups is 1. The number of furan rings is 1. The number of aromatic nitrogens is 1. The van der Waals surface area contributed by atoms with Crippen LogP contribution in [0.5, 0.6) is 0 Å². The molecule has 0 saturated carbocycles. The van der Waals surface area contributed by atoms with Crippen LogP contribution in [-0.2, 0) is 17.9 Å². The third-order valence-corrected chi connectivity index (χ3v) is 6.97. The van der Waals surface area contributed by atoms with Crippen molar-refractivity contribution in [3.8, 4) is 11.3 Å². The van der Waals surface area contributed by atoms with Crippen LogP contribution in [-0.4, -0.2) is 57.3 Å². The van der Waals surface area contributed by atoms with Gasteiger partial charge in [0.25, 0.3) is 5.91 Å². The molecule has 3 aromatic rings. The van der Waals surface area contributed by atoms with Gasteiger partial charge in [0.05, 0.1) is 13.1 Å². The number of hydrogen-bond acceptors (Lipinski definition) is 5. The van der Waals surface area contributed by atoms with Gasteiger partial charge in [0.15, 0.2) is 0 Å². The smallest absolute Gasteiger partial charge is 0.327 e. The molecule has 2 saturated heterocycles. The van der Waals surface area contributed by atoms with E-state index in [2.05, 4.69) is 9.88 Å². The zero-order valence-electron chi connectivity index (χ0n) is 18.4. The molecule has 170 valence electrons. The van der Waals surface area contributed by atoms with Crippen molar-refractivity contribution in [3.05, 3.63) is 77.3 Å². The van der Waals surface area contributed by atoms with E-state index in [0.29, 0.717) is 37.5 Å². The number of hydrogen-bond donors (Lipinski definition) is 0. The molecule has 2 aromatic heterocycles. The molecule has 5 rings (SSSR count). The average Bonchev–Trinajstić information content (AvgIpc) is 3.36. The molecular formula is C25H25ClN4O3. The van der Waals surface area contributed by atoms with Crippen molar-refractivity contribution in [2.45, 2.75) is 31.5 Å². The summed E-state index contributed by atoms with van der Waals surface area (Å²) in [5.74, 6) is 1.57. The summed E-state index contributed by atoms with van der Waals surface area (Å²) in [7, 11) is 1.74. The molecule has 0 bridgehead atoms. The molecule has 2 aliphatic rings. The fourth-order valence-electron chi connectivity index (χ4n) is 4.74. The quantitative estimate of drug-likeness (QED) is 0.522. The van der Waals surface area contributed by atoms with Crippen molar-refractivity contribution in [2.75, 3.05) is 20.1 Å². The minimum atomic E-state index is -0.770. The molecule has 0 radical (unpaired) electrons. The molecule has 2 fully saturated rings. The van der Waals surface area contributed by atoms with E-state index in [4.69, 9.17) is 16.0 Å². The van der Waals surface area contributed by atoms with E-state index in [0.717, 1.165) is 22.6 Å². The fraction of sp³-hybridized carbons (Fsp3) is 0.320. The summed E-state index contributed by atoms with van der Waals surface area (Å²) < 4.78 is 6.04. The van der Waals surface area contributed by atoms with E-state index in [1.165, 1.54) is 4.90 Å². The Bertz CT molecular complexity index is 1150. The second-order valence-electron chi connectivity index (χ2n) is 8.67. The van der Waals surface area contributed by atoms with E-state index in [9.17, 15) is 9.59 Å². The number of amides is 3. The summed E-state index contributed by atoms with van der Waals surface area (Å²) in [6, 6.07) is 15.0. The summed E-state index contributed by atoms with van der Waals surface area (Å²) in [4.78, 5) is 35.6. The van der Waals surface area contributed by atoms with Crippen molar-refractivity contribution in [2.24, 2.45) is 0 Å². The lowest BCUT2D eigenvalue weighted by Crippen LogP contribution is -2.55. The molecule has 1 spiro atoms. The molecular weight excluding hydrogens is 440 g/mol. The van der Waals surface area contributed by atoms with E-state index < -0.39 is 5.54 Å². The summed E-state index contributed by atoms with van der Waals surface area (Å²) >= 11 is 5.97. The second kappa shape index (κ2) is 8.65. The molecule has 0 atom stereocenters. The van der Waals surface area contributed by atoms with Crippen molar-refractivity contribution in [3.63, 3.8) is 0 Å². The van der Waals surface area contributed by atoms with Gasteiger partial charge in [0.1, 0.15) is 17.1 Å². The van der Waals surface area contributed by atoms with Crippen LogP contribution in [0, 0.1) is 0 Å². The minimum absolute atomic E-state index is 0.110. The normalized spacial score (nSPS) is 18.5.